The van der Waals surface area contributed by atoms with Gasteiger partial charge in [0.2, 0.25) is 0 Å². The molecule has 2 nitrogen and oxygen atoms in total. The van der Waals surface area contributed by atoms with E-state index in [2.05, 4.69) is 15.9 Å². The van der Waals surface area contributed by atoms with Gasteiger partial charge in [-0.1, -0.05) is 12.1 Å². The normalized spacial score (nSPS) is 19.5. The summed E-state index contributed by atoms with van der Waals surface area (Å²) >= 11 is 9.37. The molecule has 17 heavy (non-hydrogen) atoms. The van der Waals surface area contributed by atoms with Crippen LogP contribution in [0, 0.1) is 0 Å². The lowest BCUT2D eigenvalue weighted by Crippen LogP contribution is -2.11. The molecule has 0 N–H and O–H groups in total. The number of rotatable bonds is 5. The second kappa shape index (κ2) is 6.62. The quantitative estimate of drug-likeness (QED) is 0.760. The van der Waals surface area contributed by atoms with Crippen molar-refractivity contribution >= 4 is 27.5 Å². The molecule has 1 aromatic rings. The van der Waals surface area contributed by atoms with Crippen molar-refractivity contribution in [2.75, 3.05) is 13.2 Å². The van der Waals surface area contributed by atoms with Crippen molar-refractivity contribution in [3.05, 3.63) is 28.2 Å². The van der Waals surface area contributed by atoms with E-state index in [1.54, 1.807) is 0 Å². The maximum Gasteiger partial charge on any atom is 0.137 e. The zero-order valence-electron chi connectivity index (χ0n) is 9.62. The van der Waals surface area contributed by atoms with Gasteiger partial charge in [-0.2, -0.15) is 0 Å². The molecule has 2 rings (SSSR count). The number of hydrogen-bond acceptors (Lipinski definition) is 2. The Bertz CT molecular complexity index is 364. The van der Waals surface area contributed by atoms with Gasteiger partial charge >= 0.3 is 0 Å². The van der Waals surface area contributed by atoms with Gasteiger partial charge in [0.15, 0.2) is 0 Å². The Kier molecular flexibility index (Phi) is 5.14. The van der Waals surface area contributed by atoms with Crippen molar-refractivity contribution in [1.29, 1.82) is 0 Å². The molecule has 0 spiro atoms. The van der Waals surface area contributed by atoms with Crippen LogP contribution >= 0.6 is 27.5 Å². The van der Waals surface area contributed by atoms with Gasteiger partial charge < -0.3 is 9.47 Å². The number of halogens is 2. The van der Waals surface area contributed by atoms with E-state index in [0.29, 0.717) is 18.6 Å². The van der Waals surface area contributed by atoms with Gasteiger partial charge in [0.05, 0.1) is 23.1 Å². The smallest absolute Gasteiger partial charge is 0.137 e. The summed E-state index contributed by atoms with van der Waals surface area (Å²) in [5.41, 5.74) is 1.02. The first-order valence-corrected chi connectivity index (χ1v) is 7.22. The van der Waals surface area contributed by atoms with Gasteiger partial charge in [-0.05, 0) is 34.8 Å². The zero-order chi connectivity index (χ0) is 12.1. The summed E-state index contributed by atoms with van der Waals surface area (Å²) in [6.45, 7) is 1.57. The minimum absolute atomic E-state index is 0.372. The van der Waals surface area contributed by atoms with Gasteiger partial charge in [-0.15, -0.1) is 11.6 Å². The Morgan fingerprint density at radius 2 is 2.35 bits per heavy atom. The average molecular weight is 320 g/mol. The number of hydrogen-bond donors (Lipinski definition) is 0. The molecule has 0 amide bonds. The first kappa shape index (κ1) is 13.2. The lowest BCUT2D eigenvalue weighted by Gasteiger charge is -2.14. The molecule has 1 atom stereocenters. The SMILES string of the molecule is ClCc1cccc(Br)c1OCCC1CCCO1. The zero-order valence-corrected chi connectivity index (χ0v) is 12.0. The largest absolute Gasteiger partial charge is 0.492 e. The van der Waals surface area contributed by atoms with Gasteiger partial charge in [0, 0.05) is 18.6 Å². The Balaban J connectivity index is 1.89. The van der Waals surface area contributed by atoms with E-state index in [1.807, 2.05) is 18.2 Å². The summed E-state index contributed by atoms with van der Waals surface area (Å²) in [4.78, 5) is 0. The third kappa shape index (κ3) is 3.60. The fourth-order valence-electron chi connectivity index (χ4n) is 1.98. The average Bonchev–Trinajstić information content (AvgIpc) is 2.84. The standard InChI is InChI=1S/C13H16BrClO2/c14-12-5-1-3-10(9-15)13(12)17-8-6-11-4-2-7-16-11/h1,3,5,11H,2,4,6-9H2. The van der Waals surface area contributed by atoms with Crippen LogP contribution in [0.15, 0.2) is 22.7 Å². The fourth-order valence-corrected chi connectivity index (χ4v) is 2.72. The van der Waals surface area contributed by atoms with Crippen LogP contribution in [0.4, 0.5) is 0 Å². The Hall–Kier alpha value is -0.250. The monoisotopic (exact) mass is 318 g/mol. The highest BCUT2D eigenvalue weighted by Crippen LogP contribution is 2.30. The van der Waals surface area contributed by atoms with Crippen LogP contribution in [0.25, 0.3) is 0 Å². The molecule has 1 unspecified atom stereocenters. The van der Waals surface area contributed by atoms with Crippen LogP contribution in [-0.4, -0.2) is 19.3 Å². The van der Waals surface area contributed by atoms with E-state index < -0.39 is 0 Å². The molecule has 1 aromatic carbocycles. The highest BCUT2D eigenvalue weighted by Gasteiger charge is 2.15. The van der Waals surface area contributed by atoms with Crippen molar-refractivity contribution in [2.24, 2.45) is 0 Å². The van der Waals surface area contributed by atoms with E-state index in [9.17, 15) is 0 Å². The summed E-state index contributed by atoms with van der Waals surface area (Å²) in [6.07, 6.45) is 3.65. The Morgan fingerprint density at radius 3 is 3.06 bits per heavy atom. The van der Waals surface area contributed by atoms with Gasteiger partial charge in [-0.25, -0.2) is 0 Å². The molecule has 0 aromatic heterocycles. The van der Waals surface area contributed by atoms with Crippen molar-refractivity contribution in [2.45, 2.75) is 31.2 Å². The Morgan fingerprint density at radius 1 is 1.47 bits per heavy atom. The maximum absolute atomic E-state index is 5.88. The highest BCUT2D eigenvalue weighted by atomic mass is 79.9. The van der Waals surface area contributed by atoms with Crippen molar-refractivity contribution in [3.8, 4) is 5.75 Å². The van der Waals surface area contributed by atoms with Gasteiger partial charge in [0.1, 0.15) is 5.75 Å². The molecule has 94 valence electrons. The van der Waals surface area contributed by atoms with Crippen molar-refractivity contribution in [3.63, 3.8) is 0 Å². The van der Waals surface area contributed by atoms with Crippen LogP contribution in [0.1, 0.15) is 24.8 Å². The van der Waals surface area contributed by atoms with E-state index in [0.717, 1.165) is 35.2 Å². The lowest BCUT2D eigenvalue weighted by molar-refractivity contribution is 0.0901. The second-order valence-electron chi connectivity index (χ2n) is 4.13. The first-order valence-electron chi connectivity index (χ1n) is 5.89. The third-order valence-corrected chi connectivity index (χ3v) is 3.82. The van der Waals surface area contributed by atoms with E-state index in [4.69, 9.17) is 21.1 Å². The summed E-state index contributed by atoms with van der Waals surface area (Å²) in [6, 6.07) is 5.92. The van der Waals surface area contributed by atoms with Crippen molar-refractivity contribution < 1.29 is 9.47 Å². The molecule has 1 aliphatic heterocycles. The van der Waals surface area contributed by atoms with E-state index >= 15 is 0 Å². The van der Waals surface area contributed by atoms with Gasteiger partial charge in [0.25, 0.3) is 0 Å². The minimum Gasteiger partial charge on any atom is -0.492 e. The molecule has 1 heterocycles. The number of para-hydroxylation sites is 1. The Labute approximate surface area is 115 Å². The molecule has 1 saturated heterocycles. The molecule has 4 heteroatoms. The highest BCUT2D eigenvalue weighted by molar-refractivity contribution is 9.10. The molecule has 1 fully saturated rings. The van der Waals surface area contributed by atoms with Gasteiger partial charge in [-0.3, -0.25) is 0 Å². The molecule has 0 radical (unpaired) electrons. The van der Waals surface area contributed by atoms with E-state index in [-0.39, 0.29) is 0 Å². The predicted molar refractivity (Wildman–Crippen MR) is 72.8 cm³/mol. The predicted octanol–water partition coefficient (Wildman–Crippen LogP) is 4.14. The molecular formula is C13H16BrClO2. The first-order chi connectivity index (χ1) is 8.31. The molecule has 1 aliphatic rings. The number of alkyl halides is 1. The van der Waals surface area contributed by atoms with Crippen LogP contribution < -0.4 is 4.74 Å². The second-order valence-corrected chi connectivity index (χ2v) is 5.26. The molecule has 0 saturated carbocycles. The summed E-state index contributed by atoms with van der Waals surface area (Å²) in [5, 5.41) is 0. The van der Waals surface area contributed by atoms with Crippen LogP contribution in [0.2, 0.25) is 0 Å². The molecular weight excluding hydrogens is 303 g/mol. The summed E-state index contributed by atoms with van der Waals surface area (Å²) in [7, 11) is 0. The van der Waals surface area contributed by atoms with Crippen LogP contribution in [0.3, 0.4) is 0 Å². The van der Waals surface area contributed by atoms with Crippen LogP contribution in [-0.2, 0) is 10.6 Å². The maximum atomic E-state index is 5.88. The molecule has 0 aliphatic carbocycles. The fraction of sp³-hybridized carbons (Fsp3) is 0.538. The number of ether oxygens (including phenoxy) is 2. The minimum atomic E-state index is 0.372. The number of benzene rings is 1. The lowest BCUT2D eigenvalue weighted by atomic mass is 10.2. The van der Waals surface area contributed by atoms with Crippen LogP contribution in [0.5, 0.6) is 5.75 Å². The van der Waals surface area contributed by atoms with E-state index in [1.165, 1.54) is 6.42 Å². The third-order valence-electron chi connectivity index (χ3n) is 2.90. The summed E-state index contributed by atoms with van der Waals surface area (Å²) < 4.78 is 12.3. The summed E-state index contributed by atoms with van der Waals surface area (Å²) in [5.74, 6) is 1.33. The molecule has 0 bridgehead atoms. The van der Waals surface area contributed by atoms with Crippen molar-refractivity contribution in [1.82, 2.24) is 0 Å². The topological polar surface area (TPSA) is 18.5 Å².